The maximum atomic E-state index is 12.6. The number of hydrogen-bond acceptors (Lipinski definition) is 5. The summed E-state index contributed by atoms with van der Waals surface area (Å²) in [6.07, 6.45) is 0. The molecule has 0 radical (unpaired) electrons. The number of carbonyl (C=O) groups excluding carboxylic acids is 3. The van der Waals surface area contributed by atoms with Gasteiger partial charge in [-0.1, -0.05) is 0 Å². The normalized spacial score (nSPS) is 11.6. The summed E-state index contributed by atoms with van der Waals surface area (Å²) in [5.74, 6) is 0.194. The summed E-state index contributed by atoms with van der Waals surface area (Å²) in [6.45, 7) is 2.86. The van der Waals surface area contributed by atoms with Crippen LogP contribution in [0.4, 0.5) is 17.1 Å². The molecule has 2 aromatic rings. The van der Waals surface area contributed by atoms with Crippen LogP contribution < -0.4 is 25.4 Å². The minimum absolute atomic E-state index is 0.144. The Labute approximate surface area is 149 Å². The number of carbonyl (C=O) groups is 3. The molecule has 3 N–H and O–H groups in total. The van der Waals surface area contributed by atoms with E-state index in [0.717, 1.165) is 0 Å². The van der Waals surface area contributed by atoms with Crippen LogP contribution in [-0.4, -0.2) is 24.5 Å². The molecule has 1 aliphatic rings. The summed E-state index contributed by atoms with van der Waals surface area (Å²) in [5, 5.41) is 7.96. The van der Waals surface area contributed by atoms with E-state index in [2.05, 4.69) is 16.0 Å². The largest absolute Gasteiger partial charge is 0.454 e. The van der Waals surface area contributed by atoms with Crippen molar-refractivity contribution in [1.29, 1.82) is 0 Å². The first-order chi connectivity index (χ1) is 12.4. The van der Waals surface area contributed by atoms with Crippen molar-refractivity contribution in [1.82, 2.24) is 0 Å². The lowest BCUT2D eigenvalue weighted by molar-refractivity contribution is -0.115. The third-order valence-corrected chi connectivity index (χ3v) is 3.47. The van der Waals surface area contributed by atoms with Crippen LogP contribution >= 0.6 is 0 Å². The van der Waals surface area contributed by atoms with Gasteiger partial charge in [0, 0.05) is 42.5 Å². The van der Waals surface area contributed by atoms with Gasteiger partial charge in [0.25, 0.3) is 5.91 Å². The Hall–Kier alpha value is -3.55. The fourth-order valence-electron chi connectivity index (χ4n) is 2.49. The van der Waals surface area contributed by atoms with E-state index in [4.69, 9.17) is 9.47 Å². The fourth-order valence-corrected chi connectivity index (χ4v) is 2.49. The smallest absolute Gasteiger partial charge is 0.255 e. The van der Waals surface area contributed by atoms with Crippen molar-refractivity contribution in [2.75, 3.05) is 22.7 Å². The number of nitrogens with one attached hydrogen (secondary N) is 3. The zero-order chi connectivity index (χ0) is 18.7. The molecule has 0 aliphatic carbocycles. The summed E-state index contributed by atoms with van der Waals surface area (Å²) in [5.41, 5.74) is 1.61. The van der Waals surface area contributed by atoms with Crippen LogP contribution in [-0.2, 0) is 9.59 Å². The van der Waals surface area contributed by atoms with Crippen molar-refractivity contribution >= 4 is 34.8 Å². The maximum Gasteiger partial charge on any atom is 0.255 e. The van der Waals surface area contributed by atoms with Gasteiger partial charge in [-0.05, 0) is 30.3 Å². The van der Waals surface area contributed by atoms with Gasteiger partial charge >= 0.3 is 0 Å². The number of benzene rings is 2. The first-order valence-electron chi connectivity index (χ1n) is 7.82. The molecule has 8 nitrogen and oxygen atoms in total. The molecular weight excluding hydrogens is 338 g/mol. The Morgan fingerprint density at radius 3 is 2.00 bits per heavy atom. The monoisotopic (exact) mass is 355 g/mol. The lowest BCUT2D eigenvalue weighted by Crippen LogP contribution is -2.15. The number of hydrogen-bond donors (Lipinski definition) is 3. The predicted octanol–water partition coefficient (Wildman–Crippen LogP) is 2.58. The molecule has 0 bridgehead atoms. The zero-order valence-electron chi connectivity index (χ0n) is 14.2. The SMILES string of the molecule is CC(=O)Nc1cc(NC(C)=O)cc(C(=O)Nc2ccc3c(c2)OCO3)c1. The highest BCUT2D eigenvalue weighted by atomic mass is 16.7. The molecule has 134 valence electrons. The van der Waals surface area contributed by atoms with E-state index in [1.165, 1.54) is 26.0 Å². The first kappa shape index (κ1) is 17.3. The Kier molecular flexibility index (Phi) is 4.74. The summed E-state index contributed by atoms with van der Waals surface area (Å²) in [6, 6.07) is 9.67. The highest BCUT2D eigenvalue weighted by molar-refractivity contribution is 6.06. The minimum Gasteiger partial charge on any atom is -0.454 e. The van der Waals surface area contributed by atoms with Gasteiger partial charge in [-0.15, -0.1) is 0 Å². The number of fused-ring (bicyclic) bond motifs is 1. The van der Waals surface area contributed by atoms with Gasteiger partial charge in [0.2, 0.25) is 18.6 Å². The maximum absolute atomic E-state index is 12.6. The second-order valence-corrected chi connectivity index (χ2v) is 5.68. The Morgan fingerprint density at radius 2 is 1.38 bits per heavy atom. The Bertz CT molecular complexity index is 860. The van der Waals surface area contributed by atoms with Crippen LogP contribution in [0.1, 0.15) is 24.2 Å². The van der Waals surface area contributed by atoms with Crippen LogP contribution in [0.2, 0.25) is 0 Å². The molecule has 8 heteroatoms. The Morgan fingerprint density at radius 1 is 0.769 bits per heavy atom. The molecule has 3 amide bonds. The highest BCUT2D eigenvalue weighted by Crippen LogP contribution is 2.34. The van der Waals surface area contributed by atoms with Crippen LogP contribution in [0.5, 0.6) is 11.5 Å². The van der Waals surface area contributed by atoms with E-state index in [1.807, 2.05) is 0 Å². The minimum atomic E-state index is -0.400. The summed E-state index contributed by atoms with van der Waals surface area (Å²) in [4.78, 5) is 35.2. The van der Waals surface area contributed by atoms with Crippen LogP contribution in [0.25, 0.3) is 0 Å². The second-order valence-electron chi connectivity index (χ2n) is 5.68. The molecule has 0 atom stereocenters. The van der Waals surface area contributed by atoms with Crippen molar-refractivity contribution in [2.45, 2.75) is 13.8 Å². The third-order valence-electron chi connectivity index (χ3n) is 3.47. The van der Waals surface area contributed by atoms with Gasteiger partial charge in [0.15, 0.2) is 11.5 Å². The van der Waals surface area contributed by atoms with Crippen LogP contribution in [0.3, 0.4) is 0 Å². The van der Waals surface area contributed by atoms with Gasteiger partial charge < -0.3 is 25.4 Å². The molecule has 3 rings (SSSR count). The molecule has 0 spiro atoms. The van der Waals surface area contributed by atoms with Crippen molar-refractivity contribution in [2.24, 2.45) is 0 Å². The quantitative estimate of drug-likeness (QED) is 0.782. The number of rotatable bonds is 4. The number of anilines is 3. The van der Waals surface area contributed by atoms with Gasteiger partial charge in [0.05, 0.1) is 0 Å². The molecule has 0 saturated heterocycles. The third kappa shape index (κ3) is 4.10. The standard InChI is InChI=1S/C18H17N3O5/c1-10(22)19-14-5-12(6-15(7-14)20-11(2)23)18(24)21-13-3-4-16-17(8-13)26-9-25-16/h3-8H,9H2,1-2H3,(H,19,22)(H,20,23)(H,21,24). The van der Waals surface area contributed by atoms with Crippen LogP contribution in [0.15, 0.2) is 36.4 Å². The molecule has 2 aromatic carbocycles. The predicted molar refractivity (Wildman–Crippen MR) is 95.6 cm³/mol. The molecule has 0 aromatic heterocycles. The van der Waals surface area contributed by atoms with E-state index in [0.29, 0.717) is 28.6 Å². The topological polar surface area (TPSA) is 106 Å². The summed E-state index contributed by atoms with van der Waals surface area (Å²) in [7, 11) is 0. The second kappa shape index (κ2) is 7.14. The van der Waals surface area contributed by atoms with E-state index >= 15 is 0 Å². The highest BCUT2D eigenvalue weighted by Gasteiger charge is 2.15. The zero-order valence-corrected chi connectivity index (χ0v) is 14.2. The summed E-state index contributed by atoms with van der Waals surface area (Å²) < 4.78 is 10.5. The van der Waals surface area contributed by atoms with E-state index in [1.54, 1.807) is 24.3 Å². The van der Waals surface area contributed by atoms with Gasteiger partial charge in [0.1, 0.15) is 0 Å². The van der Waals surface area contributed by atoms with E-state index in [-0.39, 0.29) is 24.2 Å². The molecule has 0 unspecified atom stereocenters. The molecular formula is C18H17N3O5. The molecule has 1 heterocycles. The Balaban J connectivity index is 1.85. The fraction of sp³-hybridized carbons (Fsp3) is 0.167. The van der Waals surface area contributed by atoms with Gasteiger partial charge in [-0.3, -0.25) is 14.4 Å². The average molecular weight is 355 g/mol. The molecule has 0 fully saturated rings. The van der Waals surface area contributed by atoms with Crippen molar-refractivity contribution in [3.63, 3.8) is 0 Å². The molecule has 1 aliphatic heterocycles. The van der Waals surface area contributed by atoms with Crippen molar-refractivity contribution < 1.29 is 23.9 Å². The molecule has 0 saturated carbocycles. The van der Waals surface area contributed by atoms with E-state index < -0.39 is 5.91 Å². The van der Waals surface area contributed by atoms with Gasteiger partial charge in [-0.2, -0.15) is 0 Å². The van der Waals surface area contributed by atoms with Crippen molar-refractivity contribution in [3.05, 3.63) is 42.0 Å². The number of ether oxygens (including phenoxy) is 2. The average Bonchev–Trinajstić information content (AvgIpc) is 3.01. The first-order valence-corrected chi connectivity index (χ1v) is 7.82. The lowest BCUT2D eigenvalue weighted by atomic mass is 10.1. The van der Waals surface area contributed by atoms with Gasteiger partial charge in [-0.25, -0.2) is 0 Å². The summed E-state index contributed by atoms with van der Waals surface area (Å²) >= 11 is 0. The van der Waals surface area contributed by atoms with E-state index in [9.17, 15) is 14.4 Å². The lowest BCUT2D eigenvalue weighted by Gasteiger charge is -2.11. The molecule has 26 heavy (non-hydrogen) atoms. The van der Waals surface area contributed by atoms with Crippen LogP contribution in [0, 0.1) is 0 Å². The number of amides is 3. The van der Waals surface area contributed by atoms with Crippen molar-refractivity contribution in [3.8, 4) is 11.5 Å².